The Hall–Kier alpha value is -2.22. The SMILES string of the molecule is CCn1c(COc2ccc(Cl)cc2)nnc1SCC(=O)Nc1cccc(Cl)c1C. The lowest BCUT2D eigenvalue weighted by atomic mass is 10.2. The molecule has 0 spiro atoms. The molecule has 0 fully saturated rings. The molecule has 3 aromatic rings. The molecule has 0 saturated carbocycles. The van der Waals surface area contributed by atoms with Crippen molar-refractivity contribution in [2.45, 2.75) is 32.2 Å². The van der Waals surface area contributed by atoms with Gasteiger partial charge in [-0.1, -0.05) is 41.0 Å². The second kappa shape index (κ2) is 10.0. The van der Waals surface area contributed by atoms with Gasteiger partial charge >= 0.3 is 0 Å². The van der Waals surface area contributed by atoms with E-state index in [1.807, 2.05) is 24.5 Å². The largest absolute Gasteiger partial charge is 0.486 e. The fraction of sp³-hybridized carbons (Fsp3) is 0.250. The molecule has 152 valence electrons. The van der Waals surface area contributed by atoms with Crippen LogP contribution in [0.3, 0.4) is 0 Å². The molecule has 0 aliphatic rings. The van der Waals surface area contributed by atoms with Crippen LogP contribution in [0.25, 0.3) is 0 Å². The van der Waals surface area contributed by atoms with Crippen LogP contribution in [0.1, 0.15) is 18.3 Å². The summed E-state index contributed by atoms with van der Waals surface area (Å²) >= 11 is 13.3. The highest BCUT2D eigenvalue weighted by atomic mass is 35.5. The first-order chi connectivity index (χ1) is 14.0. The number of anilines is 1. The van der Waals surface area contributed by atoms with Crippen LogP contribution >= 0.6 is 35.0 Å². The summed E-state index contributed by atoms with van der Waals surface area (Å²) < 4.78 is 7.68. The molecule has 0 saturated heterocycles. The second-order valence-electron chi connectivity index (χ2n) is 6.13. The Kier molecular flexibility index (Phi) is 7.41. The summed E-state index contributed by atoms with van der Waals surface area (Å²) in [6.07, 6.45) is 0. The number of hydrogen-bond acceptors (Lipinski definition) is 5. The maximum Gasteiger partial charge on any atom is 0.234 e. The zero-order valence-corrected chi connectivity index (χ0v) is 18.3. The fourth-order valence-corrected chi connectivity index (χ4v) is 3.71. The van der Waals surface area contributed by atoms with Gasteiger partial charge in [-0.25, -0.2) is 0 Å². The normalized spacial score (nSPS) is 10.8. The van der Waals surface area contributed by atoms with Crippen molar-refractivity contribution in [3.63, 3.8) is 0 Å². The third-order valence-corrected chi connectivity index (χ3v) is 5.79. The number of benzene rings is 2. The predicted octanol–water partition coefficient (Wildman–Crippen LogP) is 5.22. The van der Waals surface area contributed by atoms with Gasteiger partial charge in [0.15, 0.2) is 11.0 Å². The second-order valence-corrected chi connectivity index (χ2v) is 7.92. The minimum atomic E-state index is -0.134. The zero-order valence-electron chi connectivity index (χ0n) is 16.0. The smallest absolute Gasteiger partial charge is 0.234 e. The third kappa shape index (κ3) is 5.65. The molecule has 2 aromatic carbocycles. The first kappa shape index (κ1) is 21.5. The molecule has 0 aliphatic heterocycles. The average molecular weight is 451 g/mol. The van der Waals surface area contributed by atoms with Crippen LogP contribution in [0, 0.1) is 6.92 Å². The Balaban J connectivity index is 1.58. The Morgan fingerprint density at radius 1 is 1.17 bits per heavy atom. The number of halogens is 2. The van der Waals surface area contributed by atoms with Crippen molar-refractivity contribution in [3.05, 3.63) is 63.9 Å². The summed E-state index contributed by atoms with van der Waals surface area (Å²) in [6, 6.07) is 12.5. The van der Waals surface area contributed by atoms with Gasteiger partial charge in [-0.15, -0.1) is 10.2 Å². The standard InChI is InChI=1S/C20H20Cl2N4O2S/c1-3-26-18(11-28-15-9-7-14(21)8-10-15)24-25-20(26)29-12-19(27)23-17-6-4-5-16(22)13(17)2/h4-10H,3,11-12H2,1-2H3,(H,23,27). The molecule has 0 unspecified atom stereocenters. The van der Waals surface area contributed by atoms with Gasteiger partial charge in [-0.3, -0.25) is 4.79 Å². The monoisotopic (exact) mass is 450 g/mol. The van der Waals surface area contributed by atoms with E-state index < -0.39 is 0 Å². The van der Waals surface area contributed by atoms with Crippen LogP contribution in [0.15, 0.2) is 47.6 Å². The molecule has 6 nitrogen and oxygen atoms in total. The number of rotatable bonds is 8. The van der Waals surface area contributed by atoms with E-state index in [0.29, 0.717) is 39.0 Å². The molecule has 9 heteroatoms. The molecule has 1 amide bonds. The highest BCUT2D eigenvalue weighted by Crippen LogP contribution is 2.24. The van der Waals surface area contributed by atoms with Crippen molar-refractivity contribution in [1.29, 1.82) is 0 Å². The molecular weight excluding hydrogens is 431 g/mol. The van der Waals surface area contributed by atoms with E-state index in [0.717, 1.165) is 5.56 Å². The average Bonchev–Trinajstić information content (AvgIpc) is 3.11. The Labute approximate surface area is 183 Å². The molecule has 1 N–H and O–H groups in total. The first-order valence-electron chi connectivity index (χ1n) is 8.96. The number of thioether (sulfide) groups is 1. The molecule has 0 bridgehead atoms. The molecule has 3 rings (SSSR count). The van der Waals surface area contributed by atoms with Gasteiger partial charge in [-0.2, -0.15) is 0 Å². The summed E-state index contributed by atoms with van der Waals surface area (Å²) in [4.78, 5) is 12.3. The molecule has 0 radical (unpaired) electrons. The number of aromatic nitrogens is 3. The van der Waals surface area contributed by atoms with E-state index in [1.165, 1.54) is 11.8 Å². The van der Waals surface area contributed by atoms with E-state index in [4.69, 9.17) is 27.9 Å². The van der Waals surface area contributed by atoms with Gasteiger partial charge in [0.2, 0.25) is 5.91 Å². The number of amides is 1. The van der Waals surface area contributed by atoms with Crippen molar-refractivity contribution in [2.75, 3.05) is 11.1 Å². The Bertz CT molecular complexity index is 993. The maximum atomic E-state index is 12.3. The first-order valence-corrected chi connectivity index (χ1v) is 10.7. The quantitative estimate of drug-likeness (QED) is 0.476. The third-order valence-electron chi connectivity index (χ3n) is 4.17. The topological polar surface area (TPSA) is 69.0 Å². The van der Waals surface area contributed by atoms with Crippen molar-refractivity contribution in [3.8, 4) is 5.75 Å². The van der Waals surface area contributed by atoms with Gasteiger partial charge in [0.1, 0.15) is 12.4 Å². The minimum Gasteiger partial charge on any atom is -0.486 e. The van der Waals surface area contributed by atoms with Gasteiger partial charge < -0.3 is 14.6 Å². The fourth-order valence-electron chi connectivity index (χ4n) is 2.59. The number of nitrogens with one attached hydrogen (secondary N) is 1. The van der Waals surface area contributed by atoms with E-state index in [9.17, 15) is 4.79 Å². The van der Waals surface area contributed by atoms with Gasteiger partial charge in [0, 0.05) is 22.3 Å². The highest BCUT2D eigenvalue weighted by Gasteiger charge is 2.14. The minimum absolute atomic E-state index is 0.134. The van der Waals surface area contributed by atoms with E-state index in [2.05, 4.69) is 15.5 Å². The molecule has 1 aromatic heterocycles. The molecular formula is C20H20Cl2N4O2S. The van der Waals surface area contributed by atoms with Crippen LogP contribution in [0.5, 0.6) is 5.75 Å². The summed E-state index contributed by atoms with van der Waals surface area (Å²) in [5, 5.41) is 13.2. The van der Waals surface area contributed by atoms with Gasteiger partial charge in [0.25, 0.3) is 0 Å². The lowest BCUT2D eigenvalue weighted by molar-refractivity contribution is -0.113. The Morgan fingerprint density at radius 3 is 2.66 bits per heavy atom. The van der Waals surface area contributed by atoms with E-state index in [1.54, 1.807) is 36.4 Å². The zero-order chi connectivity index (χ0) is 20.8. The molecule has 0 atom stereocenters. The van der Waals surface area contributed by atoms with E-state index >= 15 is 0 Å². The summed E-state index contributed by atoms with van der Waals surface area (Å²) in [5.41, 5.74) is 1.54. The number of carbonyl (C=O) groups is 1. The maximum absolute atomic E-state index is 12.3. The van der Waals surface area contributed by atoms with Crippen LogP contribution in [0.4, 0.5) is 5.69 Å². The number of nitrogens with zero attached hydrogens (tertiary/aromatic N) is 3. The summed E-state index contributed by atoms with van der Waals surface area (Å²) in [7, 11) is 0. The number of ether oxygens (including phenoxy) is 1. The summed E-state index contributed by atoms with van der Waals surface area (Å²) in [6.45, 7) is 4.81. The van der Waals surface area contributed by atoms with Crippen molar-refractivity contribution < 1.29 is 9.53 Å². The number of carbonyl (C=O) groups excluding carboxylic acids is 1. The van der Waals surface area contributed by atoms with Crippen molar-refractivity contribution in [1.82, 2.24) is 14.8 Å². The Morgan fingerprint density at radius 2 is 1.93 bits per heavy atom. The highest BCUT2D eigenvalue weighted by molar-refractivity contribution is 7.99. The predicted molar refractivity (Wildman–Crippen MR) is 117 cm³/mol. The van der Waals surface area contributed by atoms with Crippen LogP contribution in [0.2, 0.25) is 10.0 Å². The van der Waals surface area contributed by atoms with Crippen molar-refractivity contribution in [2.24, 2.45) is 0 Å². The van der Waals surface area contributed by atoms with Gasteiger partial charge in [0.05, 0.1) is 5.75 Å². The lowest BCUT2D eigenvalue weighted by Crippen LogP contribution is -2.15. The molecule has 0 aliphatic carbocycles. The molecule has 1 heterocycles. The van der Waals surface area contributed by atoms with Crippen LogP contribution in [-0.4, -0.2) is 26.4 Å². The van der Waals surface area contributed by atoms with E-state index in [-0.39, 0.29) is 18.3 Å². The lowest BCUT2D eigenvalue weighted by Gasteiger charge is -2.10. The van der Waals surface area contributed by atoms with Crippen LogP contribution in [-0.2, 0) is 17.9 Å². The molecule has 29 heavy (non-hydrogen) atoms. The van der Waals surface area contributed by atoms with Crippen molar-refractivity contribution >= 4 is 46.6 Å². The number of hydrogen-bond donors (Lipinski definition) is 1. The van der Waals surface area contributed by atoms with Gasteiger partial charge in [-0.05, 0) is 55.8 Å². The summed E-state index contributed by atoms with van der Waals surface area (Å²) in [5.74, 6) is 1.47. The van der Waals surface area contributed by atoms with Crippen LogP contribution < -0.4 is 10.1 Å².